The van der Waals surface area contributed by atoms with Gasteiger partial charge in [0.25, 0.3) is 0 Å². The summed E-state index contributed by atoms with van der Waals surface area (Å²) >= 11 is 0. The third kappa shape index (κ3) is 6.31. The molecule has 5 nitrogen and oxygen atoms in total. The molecule has 3 rings (SSSR count). The Hall–Kier alpha value is -1.40. The standard InChI is InChI=1S/C22H36N4OS/c1-3-28(27)21-8-6-7-20(15-21)25-22(23-2)24-16-18-9-11-19(12-10-18)17-26-13-4-5-14-26/h9-12,20-21H,3-8,13-17H2,1-2H3,(H2,23,24,25). The van der Waals surface area contributed by atoms with E-state index in [-0.39, 0.29) is 0 Å². The van der Waals surface area contributed by atoms with Crippen molar-refractivity contribution in [2.75, 3.05) is 25.9 Å². The number of benzene rings is 1. The van der Waals surface area contributed by atoms with Gasteiger partial charge in [0, 0.05) is 48.0 Å². The van der Waals surface area contributed by atoms with E-state index in [1.165, 1.54) is 37.1 Å². The molecule has 2 aliphatic rings. The van der Waals surface area contributed by atoms with Gasteiger partial charge in [0.1, 0.15) is 0 Å². The van der Waals surface area contributed by atoms with Crippen LogP contribution in [-0.4, -0.2) is 52.3 Å². The summed E-state index contributed by atoms with van der Waals surface area (Å²) in [5, 5.41) is 7.31. The van der Waals surface area contributed by atoms with Crippen molar-refractivity contribution in [3.63, 3.8) is 0 Å². The first kappa shape index (κ1) is 21.3. The van der Waals surface area contributed by atoms with Gasteiger partial charge in [-0.1, -0.05) is 37.6 Å². The summed E-state index contributed by atoms with van der Waals surface area (Å²) in [6.45, 7) is 6.32. The van der Waals surface area contributed by atoms with E-state index in [0.29, 0.717) is 11.3 Å². The van der Waals surface area contributed by atoms with Crippen LogP contribution in [0.4, 0.5) is 0 Å². The van der Waals surface area contributed by atoms with Crippen LogP contribution in [0.5, 0.6) is 0 Å². The second kappa shape index (κ2) is 11.0. The Bertz CT molecular complexity index is 655. The molecule has 0 radical (unpaired) electrons. The maximum atomic E-state index is 12.1. The summed E-state index contributed by atoms with van der Waals surface area (Å²) in [7, 11) is 1.13. The zero-order chi connectivity index (χ0) is 19.8. The van der Waals surface area contributed by atoms with Gasteiger partial charge in [-0.05, 0) is 56.3 Å². The summed E-state index contributed by atoms with van der Waals surface area (Å²) in [6.07, 6.45) is 7.02. The van der Waals surface area contributed by atoms with Crippen molar-refractivity contribution in [3.05, 3.63) is 35.4 Å². The van der Waals surface area contributed by atoms with Crippen LogP contribution in [0.25, 0.3) is 0 Å². The molecule has 2 fully saturated rings. The predicted molar refractivity (Wildman–Crippen MR) is 119 cm³/mol. The number of rotatable bonds is 7. The topological polar surface area (TPSA) is 56.7 Å². The molecule has 1 aromatic carbocycles. The first-order chi connectivity index (χ1) is 13.7. The molecule has 1 aromatic rings. The highest BCUT2D eigenvalue weighted by molar-refractivity contribution is 7.85. The third-order valence-corrected chi connectivity index (χ3v) is 7.68. The largest absolute Gasteiger partial charge is 0.354 e. The first-order valence-electron chi connectivity index (χ1n) is 10.8. The highest BCUT2D eigenvalue weighted by Crippen LogP contribution is 2.23. The van der Waals surface area contributed by atoms with Gasteiger partial charge in [0.15, 0.2) is 5.96 Å². The third-order valence-electron chi connectivity index (χ3n) is 5.93. The van der Waals surface area contributed by atoms with Crippen molar-refractivity contribution in [1.29, 1.82) is 0 Å². The molecule has 0 bridgehead atoms. The molecule has 1 saturated heterocycles. The Morgan fingerprint density at radius 2 is 1.86 bits per heavy atom. The zero-order valence-corrected chi connectivity index (χ0v) is 18.3. The van der Waals surface area contributed by atoms with Crippen molar-refractivity contribution >= 4 is 16.8 Å². The van der Waals surface area contributed by atoms with Crippen molar-refractivity contribution < 1.29 is 4.21 Å². The Morgan fingerprint density at radius 1 is 1.14 bits per heavy atom. The van der Waals surface area contributed by atoms with E-state index in [2.05, 4.69) is 44.8 Å². The predicted octanol–water partition coefficient (Wildman–Crippen LogP) is 3.03. The van der Waals surface area contributed by atoms with Gasteiger partial charge in [0.05, 0.1) is 0 Å². The van der Waals surface area contributed by atoms with E-state index in [1.54, 1.807) is 0 Å². The van der Waals surface area contributed by atoms with Gasteiger partial charge in [0.2, 0.25) is 0 Å². The number of aliphatic imine (C=N–C) groups is 1. The van der Waals surface area contributed by atoms with Crippen molar-refractivity contribution in [2.45, 2.75) is 69.8 Å². The van der Waals surface area contributed by atoms with Crippen LogP contribution < -0.4 is 10.6 Å². The Morgan fingerprint density at radius 3 is 2.54 bits per heavy atom. The first-order valence-corrected chi connectivity index (χ1v) is 12.2. The van der Waals surface area contributed by atoms with E-state index >= 15 is 0 Å². The molecule has 3 atom stereocenters. The minimum atomic E-state index is -0.693. The fourth-order valence-corrected chi connectivity index (χ4v) is 5.63. The quantitative estimate of drug-likeness (QED) is 0.542. The highest BCUT2D eigenvalue weighted by Gasteiger charge is 2.26. The van der Waals surface area contributed by atoms with E-state index in [0.717, 1.165) is 50.5 Å². The molecule has 0 aromatic heterocycles. The Labute approximate surface area is 172 Å². The van der Waals surface area contributed by atoms with Gasteiger partial charge in [-0.25, -0.2) is 0 Å². The van der Waals surface area contributed by atoms with Gasteiger partial charge in [-0.2, -0.15) is 0 Å². The Balaban J connectivity index is 1.45. The lowest BCUT2D eigenvalue weighted by atomic mass is 9.95. The average molecular weight is 405 g/mol. The molecular weight excluding hydrogens is 368 g/mol. The van der Waals surface area contributed by atoms with Crippen LogP contribution >= 0.6 is 0 Å². The maximum Gasteiger partial charge on any atom is 0.191 e. The van der Waals surface area contributed by atoms with Crippen LogP contribution in [0.2, 0.25) is 0 Å². The van der Waals surface area contributed by atoms with Gasteiger partial charge < -0.3 is 10.6 Å². The summed E-state index contributed by atoms with van der Waals surface area (Å²) < 4.78 is 12.1. The summed E-state index contributed by atoms with van der Waals surface area (Å²) in [5.41, 5.74) is 2.66. The summed E-state index contributed by atoms with van der Waals surface area (Å²) in [5.74, 6) is 1.60. The highest BCUT2D eigenvalue weighted by atomic mass is 32.2. The molecule has 1 saturated carbocycles. The number of nitrogens with zero attached hydrogens (tertiary/aromatic N) is 2. The maximum absolute atomic E-state index is 12.1. The van der Waals surface area contributed by atoms with Crippen LogP contribution in [0.3, 0.4) is 0 Å². The Kier molecular flexibility index (Phi) is 8.34. The second-order valence-electron chi connectivity index (χ2n) is 8.02. The van der Waals surface area contributed by atoms with Crippen molar-refractivity contribution in [3.8, 4) is 0 Å². The van der Waals surface area contributed by atoms with Gasteiger partial charge >= 0.3 is 0 Å². The lowest BCUT2D eigenvalue weighted by molar-refractivity contribution is 0.331. The fraction of sp³-hybridized carbons (Fsp3) is 0.682. The molecule has 1 heterocycles. The molecule has 1 aliphatic carbocycles. The van der Waals surface area contributed by atoms with E-state index < -0.39 is 10.8 Å². The van der Waals surface area contributed by atoms with Gasteiger partial charge in [-0.3, -0.25) is 14.1 Å². The molecule has 2 N–H and O–H groups in total. The number of hydrogen-bond acceptors (Lipinski definition) is 3. The molecule has 0 amide bonds. The van der Waals surface area contributed by atoms with E-state index in [4.69, 9.17) is 0 Å². The fourth-order valence-electron chi connectivity index (χ4n) is 4.29. The van der Waals surface area contributed by atoms with E-state index in [9.17, 15) is 4.21 Å². The van der Waals surface area contributed by atoms with Crippen LogP contribution in [0.1, 0.15) is 56.6 Å². The smallest absolute Gasteiger partial charge is 0.191 e. The normalized spacial score (nSPS) is 24.9. The number of nitrogens with one attached hydrogen (secondary N) is 2. The monoisotopic (exact) mass is 404 g/mol. The molecule has 156 valence electrons. The number of likely N-dealkylation sites (tertiary alicyclic amines) is 1. The average Bonchev–Trinajstić information content (AvgIpc) is 3.24. The lowest BCUT2D eigenvalue weighted by Gasteiger charge is -2.30. The minimum absolute atomic E-state index is 0.331. The van der Waals surface area contributed by atoms with Crippen LogP contribution in [0.15, 0.2) is 29.3 Å². The zero-order valence-electron chi connectivity index (χ0n) is 17.5. The molecule has 1 aliphatic heterocycles. The molecule has 3 unspecified atom stereocenters. The van der Waals surface area contributed by atoms with E-state index in [1.807, 2.05) is 14.0 Å². The van der Waals surface area contributed by atoms with Gasteiger partial charge in [-0.15, -0.1) is 0 Å². The second-order valence-corrected chi connectivity index (χ2v) is 10.0. The number of guanidine groups is 1. The lowest BCUT2D eigenvalue weighted by Crippen LogP contribution is -2.46. The summed E-state index contributed by atoms with van der Waals surface area (Å²) in [6, 6.07) is 9.29. The molecule has 28 heavy (non-hydrogen) atoms. The van der Waals surface area contributed by atoms with Crippen LogP contribution in [0, 0.1) is 0 Å². The van der Waals surface area contributed by atoms with Crippen molar-refractivity contribution in [1.82, 2.24) is 15.5 Å². The SMILES string of the molecule is CCS(=O)C1CCCC(NC(=NC)NCc2ccc(CN3CCCC3)cc2)C1. The van der Waals surface area contributed by atoms with Crippen molar-refractivity contribution in [2.24, 2.45) is 4.99 Å². The minimum Gasteiger partial charge on any atom is -0.354 e. The molecule has 0 spiro atoms. The summed E-state index contributed by atoms with van der Waals surface area (Å²) in [4.78, 5) is 6.91. The molecular formula is C22H36N4OS. The number of hydrogen-bond donors (Lipinski definition) is 2. The van der Waals surface area contributed by atoms with Crippen LogP contribution in [-0.2, 0) is 23.9 Å². The molecule has 6 heteroatoms.